The van der Waals surface area contributed by atoms with Crippen LogP contribution in [-0.2, 0) is 12.8 Å². The molecule has 0 bridgehead atoms. The van der Waals surface area contributed by atoms with Crippen LogP contribution in [0, 0.1) is 0 Å². The molecule has 11 aromatic rings. The van der Waals surface area contributed by atoms with Gasteiger partial charge in [0.05, 0.1) is 11.4 Å². The highest BCUT2D eigenvalue weighted by molar-refractivity contribution is 6.11. The van der Waals surface area contributed by atoms with Crippen molar-refractivity contribution in [2.75, 3.05) is 4.90 Å². The van der Waals surface area contributed by atoms with Crippen LogP contribution in [0.4, 0.5) is 17.1 Å². The van der Waals surface area contributed by atoms with Gasteiger partial charge in [0.2, 0.25) is 0 Å². The first-order valence-electron chi connectivity index (χ1n) is 20.8. The summed E-state index contributed by atoms with van der Waals surface area (Å²) >= 11 is 0. The second kappa shape index (κ2) is 14.0. The summed E-state index contributed by atoms with van der Waals surface area (Å²) in [4.78, 5) is 2.47. The Kier molecular flexibility index (Phi) is 8.02. The number of hydrogen-bond donors (Lipinski definition) is 0. The highest BCUT2D eigenvalue weighted by atomic mass is 16.3. The molecule has 12 rings (SSSR count). The molecule has 1 heterocycles. The van der Waals surface area contributed by atoms with E-state index < -0.39 is 0 Å². The van der Waals surface area contributed by atoms with E-state index >= 15 is 0 Å². The first kappa shape index (κ1) is 34.4. The molecular formula is C58H39NO. The SMILES string of the molecule is c1ccc(-c2ccc3c(c2)Cc2ccccc2-c2c(ccc4c2oc2ccccc24)Cc2cc(N(c4cccc5ccccc45)c4cccc5ccccc45)ccc2-3)cc1. The molecule has 2 nitrogen and oxygen atoms in total. The van der Waals surface area contributed by atoms with E-state index in [1.54, 1.807) is 0 Å². The van der Waals surface area contributed by atoms with E-state index in [4.69, 9.17) is 4.42 Å². The van der Waals surface area contributed by atoms with Gasteiger partial charge in [-0.1, -0.05) is 182 Å². The van der Waals surface area contributed by atoms with Crippen LogP contribution in [0.15, 0.2) is 217 Å². The van der Waals surface area contributed by atoms with Crippen LogP contribution < -0.4 is 4.90 Å². The first-order chi connectivity index (χ1) is 29.7. The number of furan rings is 1. The maximum Gasteiger partial charge on any atom is 0.143 e. The average Bonchev–Trinajstić information content (AvgIpc) is 3.69. The van der Waals surface area contributed by atoms with Gasteiger partial charge in [-0.05, 0) is 104 Å². The van der Waals surface area contributed by atoms with E-state index in [9.17, 15) is 0 Å². The maximum absolute atomic E-state index is 6.86. The lowest BCUT2D eigenvalue weighted by molar-refractivity contribution is 0.669. The van der Waals surface area contributed by atoms with Gasteiger partial charge in [-0.3, -0.25) is 0 Å². The predicted octanol–water partition coefficient (Wildman–Crippen LogP) is 15.9. The van der Waals surface area contributed by atoms with Crippen LogP contribution in [0.3, 0.4) is 0 Å². The van der Waals surface area contributed by atoms with Gasteiger partial charge in [-0.2, -0.15) is 0 Å². The minimum atomic E-state index is 0.721. The smallest absolute Gasteiger partial charge is 0.143 e. The average molecular weight is 766 g/mol. The fourth-order valence-electron chi connectivity index (χ4n) is 9.76. The Balaban J connectivity index is 1.15. The van der Waals surface area contributed by atoms with Crippen molar-refractivity contribution in [3.63, 3.8) is 0 Å². The van der Waals surface area contributed by atoms with Gasteiger partial charge in [0, 0.05) is 32.8 Å². The molecule has 60 heavy (non-hydrogen) atoms. The summed E-state index contributed by atoms with van der Waals surface area (Å²) in [5.41, 5.74) is 17.7. The second-order valence-corrected chi connectivity index (χ2v) is 16.0. The van der Waals surface area contributed by atoms with Gasteiger partial charge in [0.15, 0.2) is 0 Å². The van der Waals surface area contributed by atoms with Crippen LogP contribution in [0.25, 0.3) is 76.9 Å². The van der Waals surface area contributed by atoms with Gasteiger partial charge < -0.3 is 9.32 Å². The van der Waals surface area contributed by atoms with Crippen LogP contribution in [-0.4, -0.2) is 0 Å². The fourth-order valence-corrected chi connectivity index (χ4v) is 9.76. The highest BCUT2D eigenvalue weighted by Crippen LogP contribution is 2.47. The zero-order chi connectivity index (χ0) is 39.6. The number of benzene rings is 10. The van der Waals surface area contributed by atoms with Crippen LogP contribution >= 0.6 is 0 Å². The van der Waals surface area contributed by atoms with E-state index in [0.29, 0.717) is 0 Å². The Morgan fingerprint density at radius 3 is 1.72 bits per heavy atom. The predicted molar refractivity (Wildman–Crippen MR) is 252 cm³/mol. The fraction of sp³-hybridized carbons (Fsp3) is 0.0345. The Labute approximate surface area is 349 Å². The standard InChI is InChI=1S/C58H39NO/c1-2-14-38(15-3-1)41-28-31-47-44(34-41)35-42-18-6-9-23-51(42)57-43(29-32-53-52-24-10-11-27-56(52)60-58(53)57)36-45-37-46(30-33-48(45)47)59(54-25-12-19-39-16-4-7-21-49(39)54)55-26-13-20-40-17-5-8-22-50(40)55/h1-34,37H,35-36H2. The molecular weight excluding hydrogens is 727 g/mol. The largest absolute Gasteiger partial charge is 0.455 e. The summed E-state index contributed by atoms with van der Waals surface area (Å²) < 4.78 is 6.86. The number of nitrogens with zero attached hydrogens (tertiary/aromatic N) is 1. The number of fused-ring (bicyclic) bond motifs is 12. The monoisotopic (exact) mass is 765 g/mol. The molecule has 1 aliphatic carbocycles. The van der Waals surface area contributed by atoms with Crippen molar-refractivity contribution in [2.24, 2.45) is 0 Å². The van der Waals surface area contributed by atoms with Crippen molar-refractivity contribution in [2.45, 2.75) is 12.8 Å². The highest BCUT2D eigenvalue weighted by Gasteiger charge is 2.25. The molecule has 2 heteroatoms. The molecule has 0 amide bonds. The Bertz CT molecular complexity index is 3360. The van der Waals surface area contributed by atoms with Crippen molar-refractivity contribution in [3.05, 3.63) is 235 Å². The van der Waals surface area contributed by atoms with Crippen molar-refractivity contribution >= 4 is 60.5 Å². The van der Waals surface area contributed by atoms with Crippen molar-refractivity contribution in [3.8, 4) is 33.4 Å². The molecule has 0 radical (unpaired) electrons. The summed E-state index contributed by atoms with van der Waals surface area (Å²) in [5.74, 6) is 0. The van der Waals surface area contributed by atoms with E-state index in [1.807, 2.05) is 0 Å². The van der Waals surface area contributed by atoms with Gasteiger partial charge in [0.25, 0.3) is 0 Å². The minimum Gasteiger partial charge on any atom is -0.455 e. The van der Waals surface area contributed by atoms with Gasteiger partial charge in [0.1, 0.15) is 11.2 Å². The lowest BCUT2D eigenvalue weighted by Crippen LogP contribution is -2.12. The molecule has 10 aromatic carbocycles. The molecule has 1 aliphatic rings. The minimum absolute atomic E-state index is 0.721. The molecule has 0 saturated carbocycles. The molecule has 0 atom stereocenters. The van der Waals surface area contributed by atoms with Crippen LogP contribution in [0.1, 0.15) is 22.3 Å². The molecule has 1 aromatic heterocycles. The van der Waals surface area contributed by atoms with E-state index in [-0.39, 0.29) is 0 Å². The lowest BCUT2D eigenvalue weighted by Gasteiger charge is -2.29. The summed E-state index contributed by atoms with van der Waals surface area (Å²) in [6, 6.07) is 77.8. The molecule has 282 valence electrons. The van der Waals surface area contributed by atoms with Gasteiger partial charge in [-0.25, -0.2) is 0 Å². The second-order valence-electron chi connectivity index (χ2n) is 16.0. The quantitative estimate of drug-likeness (QED) is 0.177. The van der Waals surface area contributed by atoms with Crippen molar-refractivity contribution in [1.82, 2.24) is 0 Å². The zero-order valence-corrected chi connectivity index (χ0v) is 33.0. The molecule has 0 saturated heterocycles. The zero-order valence-electron chi connectivity index (χ0n) is 33.0. The Morgan fingerprint density at radius 2 is 0.950 bits per heavy atom. The summed E-state index contributed by atoms with van der Waals surface area (Å²) in [6.45, 7) is 0. The summed E-state index contributed by atoms with van der Waals surface area (Å²) in [6.07, 6.45) is 1.50. The molecule has 0 unspecified atom stereocenters. The van der Waals surface area contributed by atoms with E-state index in [0.717, 1.165) is 51.8 Å². The Hall–Kier alpha value is -7.68. The number of anilines is 3. The first-order valence-corrected chi connectivity index (χ1v) is 20.8. The third-order valence-corrected chi connectivity index (χ3v) is 12.5. The van der Waals surface area contributed by atoms with Gasteiger partial charge >= 0.3 is 0 Å². The van der Waals surface area contributed by atoms with E-state index in [2.05, 4.69) is 217 Å². The maximum atomic E-state index is 6.86. The van der Waals surface area contributed by atoms with E-state index in [1.165, 1.54) is 77.2 Å². The van der Waals surface area contributed by atoms with Gasteiger partial charge in [-0.15, -0.1) is 0 Å². The molecule has 0 spiro atoms. The van der Waals surface area contributed by atoms with Crippen molar-refractivity contribution in [1.29, 1.82) is 0 Å². The molecule has 0 N–H and O–H groups in total. The third kappa shape index (κ3) is 5.64. The van der Waals surface area contributed by atoms with Crippen LogP contribution in [0.2, 0.25) is 0 Å². The molecule has 0 aliphatic heterocycles. The third-order valence-electron chi connectivity index (χ3n) is 12.5. The number of rotatable bonds is 4. The number of para-hydroxylation sites is 1. The Morgan fingerprint density at radius 1 is 0.350 bits per heavy atom. The van der Waals surface area contributed by atoms with Crippen molar-refractivity contribution < 1.29 is 4.42 Å². The van der Waals surface area contributed by atoms with Crippen LogP contribution in [0.5, 0.6) is 0 Å². The lowest BCUT2D eigenvalue weighted by atomic mass is 9.82. The topological polar surface area (TPSA) is 16.4 Å². The molecule has 0 fully saturated rings. The number of hydrogen-bond acceptors (Lipinski definition) is 2. The summed E-state index contributed by atoms with van der Waals surface area (Å²) in [5, 5.41) is 7.14. The normalized spacial score (nSPS) is 12.2. The summed E-state index contributed by atoms with van der Waals surface area (Å²) in [7, 11) is 0.